The van der Waals surface area contributed by atoms with Crippen LogP contribution in [-0.4, -0.2) is 30.9 Å². The molecule has 5 nitrogen and oxygen atoms in total. The summed E-state index contributed by atoms with van der Waals surface area (Å²) in [6, 6.07) is 7.74. The van der Waals surface area contributed by atoms with Crippen LogP contribution in [0.2, 0.25) is 0 Å². The van der Waals surface area contributed by atoms with Crippen LogP contribution < -0.4 is 10.6 Å². The van der Waals surface area contributed by atoms with Crippen LogP contribution in [0.15, 0.2) is 24.3 Å². The number of aliphatic hydroxyl groups is 1. The van der Waals surface area contributed by atoms with Gasteiger partial charge >= 0.3 is 6.03 Å². The molecule has 0 spiro atoms. The number of ether oxygens (including phenoxy) is 1. The van der Waals surface area contributed by atoms with Crippen molar-refractivity contribution in [1.29, 1.82) is 0 Å². The minimum absolute atomic E-state index is 0.132. The summed E-state index contributed by atoms with van der Waals surface area (Å²) < 4.78 is 5.06. The highest BCUT2D eigenvalue weighted by atomic mass is 16.5. The fourth-order valence-corrected chi connectivity index (χ4v) is 2.36. The summed E-state index contributed by atoms with van der Waals surface area (Å²) in [6.45, 7) is 7.40. The normalized spacial score (nSPS) is 12.8. The molecule has 1 aromatic carbocycles. The molecule has 0 fully saturated rings. The van der Waals surface area contributed by atoms with E-state index in [1.165, 1.54) is 0 Å². The van der Waals surface area contributed by atoms with Crippen LogP contribution in [0.5, 0.6) is 0 Å². The van der Waals surface area contributed by atoms with Gasteiger partial charge in [0.05, 0.1) is 12.7 Å². The minimum atomic E-state index is -0.370. The molecule has 0 aliphatic rings. The van der Waals surface area contributed by atoms with Crippen molar-refractivity contribution in [3.63, 3.8) is 0 Å². The van der Waals surface area contributed by atoms with Crippen molar-refractivity contribution in [1.82, 2.24) is 10.6 Å². The van der Waals surface area contributed by atoms with Gasteiger partial charge in [-0.3, -0.25) is 0 Å². The number of carbonyl (C=O) groups excluding carboxylic acids is 1. The maximum Gasteiger partial charge on any atom is 0.315 e. The SMILES string of the molecule is COCc1ccc(CNC(=O)NCC(C)(C)CC(C)O)cc1. The topological polar surface area (TPSA) is 70.6 Å². The summed E-state index contributed by atoms with van der Waals surface area (Å²) in [5, 5.41) is 15.1. The van der Waals surface area contributed by atoms with E-state index in [-0.39, 0.29) is 17.6 Å². The van der Waals surface area contributed by atoms with Gasteiger partial charge in [-0.15, -0.1) is 0 Å². The average molecular weight is 308 g/mol. The van der Waals surface area contributed by atoms with E-state index in [0.717, 1.165) is 11.1 Å². The molecule has 3 N–H and O–H groups in total. The first-order valence-electron chi connectivity index (χ1n) is 7.59. The van der Waals surface area contributed by atoms with Gasteiger partial charge in [0.15, 0.2) is 0 Å². The standard InChI is InChI=1S/C17H28N2O3/c1-13(20)9-17(2,3)12-19-16(21)18-10-14-5-7-15(8-6-14)11-22-4/h5-8,13,20H,9-12H2,1-4H3,(H2,18,19,21). The average Bonchev–Trinajstić information content (AvgIpc) is 2.43. The van der Waals surface area contributed by atoms with Gasteiger partial charge in [0.2, 0.25) is 0 Å². The van der Waals surface area contributed by atoms with Gasteiger partial charge in [-0.05, 0) is 29.9 Å². The molecule has 1 atom stereocenters. The molecule has 0 heterocycles. The Morgan fingerprint density at radius 3 is 2.36 bits per heavy atom. The highest BCUT2D eigenvalue weighted by Crippen LogP contribution is 2.20. The Balaban J connectivity index is 2.33. The lowest BCUT2D eigenvalue weighted by Crippen LogP contribution is -2.41. The van der Waals surface area contributed by atoms with E-state index in [0.29, 0.717) is 26.1 Å². The monoisotopic (exact) mass is 308 g/mol. The van der Waals surface area contributed by atoms with E-state index >= 15 is 0 Å². The van der Waals surface area contributed by atoms with Crippen LogP contribution in [0, 0.1) is 5.41 Å². The summed E-state index contributed by atoms with van der Waals surface area (Å²) in [4.78, 5) is 11.8. The quantitative estimate of drug-likeness (QED) is 0.691. The minimum Gasteiger partial charge on any atom is -0.393 e. The molecule has 0 aromatic heterocycles. The Labute approximate surface area is 133 Å². The Morgan fingerprint density at radius 2 is 1.82 bits per heavy atom. The van der Waals surface area contributed by atoms with Crippen molar-refractivity contribution in [2.45, 2.75) is 46.4 Å². The molecule has 0 bridgehead atoms. The van der Waals surface area contributed by atoms with E-state index in [9.17, 15) is 9.90 Å². The third kappa shape index (κ3) is 7.43. The van der Waals surface area contributed by atoms with Crippen molar-refractivity contribution in [3.05, 3.63) is 35.4 Å². The predicted octanol–water partition coefficient (Wildman–Crippen LogP) is 2.43. The third-order valence-electron chi connectivity index (χ3n) is 3.36. The van der Waals surface area contributed by atoms with Gasteiger partial charge in [-0.2, -0.15) is 0 Å². The van der Waals surface area contributed by atoms with Gasteiger partial charge in [-0.1, -0.05) is 38.1 Å². The van der Waals surface area contributed by atoms with E-state index < -0.39 is 0 Å². The number of rotatable bonds is 8. The van der Waals surface area contributed by atoms with E-state index in [4.69, 9.17) is 4.74 Å². The van der Waals surface area contributed by atoms with Crippen molar-refractivity contribution in [3.8, 4) is 0 Å². The highest BCUT2D eigenvalue weighted by molar-refractivity contribution is 5.73. The Morgan fingerprint density at radius 1 is 1.23 bits per heavy atom. The lowest BCUT2D eigenvalue weighted by molar-refractivity contribution is 0.129. The Kier molecular flexibility index (Phi) is 7.35. The van der Waals surface area contributed by atoms with Gasteiger partial charge in [-0.25, -0.2) is 4.79 Å². The number of methoxy groups -OCH3 is 1. The van der Waals surface area contributed by atoms with E-state index in [1.807, 2.05) is 38.1 Å². The molecule has 1 unspecified atom stereocenters. The van der Waals surface area contributed by atoms with Crippen LogP contribution >= 0.6 is 0 Å². The van der Waals surface area contributed by atoms with Gasteiger partial charge in [0, 0.05) is 20.2 Å². The van der Waals surface area contributed by atoms with Gasteiger partial charge in [0.25, 0.3) is 0 Å². The summed E-state index contributed by atoms with van der Waals surface area (Å²) in [6.07, 6.45) is 0.277. The number of urea groups is 1. The smallest absolute Gasteiger partial charge is 0.315 e. The largest absolute Gasteiger partial charge is 0.393 e. The second-order valence-corrected chi connectivity index (χ2v) is 6.50. The maximum atomic E-state index is 11.8. The van der Waals surface area contributed by atoms with Crippen molar-refractivity contribution in [2.75, 3.05) is 13.7 Å². The van der Waals surface area contributed by atoms with Crippen molar-refractivity contribution >= 4 is 6.03 Å². The molecule has 5 heteroatoms. The zero-order valence-corrected chi connectivity index (χ0v) is 14.0. The number of amides is 2. The molecule has 1 rings (SSSR count). The zero-order chi connectivity index (χ0) is 16.6. The second-order valence-electron chi connectivity index (χ2n) is 6.50. The fourth-order valence-electron chi connectivity index (χ4n) is 2.36. The number of hydrogen-bond donors (Lipinski definition) is 3. The molecule has 124 valence electrons. The summed E-state index contributed by atoms with van der Waals surface area (Å²) >= 11 is 0. The number of hydrogen-bond acceptors (Lipinski definition) is 3. The second kappa shape index (κ2) is 8.76. The molecular weight excluding hydrogens is 280 g/mol. The lowest BCUT2D eigenvalue weighted by Gasteiger charge is -2.26. The first-order chi connectivity index (χ1) is 10.3. The predicted molar refractivity (Wildman–Crippen MR) is 87.5 cm³/mol. The molecule has 0 saturated heterocycles. The summed E-state index contributed by atoms with van der Waals surface area (Å²) in [5.74, 6) is 0. The first kappa shape index (κ1) is 18.5. The van der Waals surface area contributed by atoms with Crippen LogP contribution in [0.1, 0.15) is 38.3 Å². The van der Waals surface area contributed by atoms with E-state index in [1.54, 1.807) is 14.0 Å². The van der Waals surface area contributed by atoms with Crippen molar-refractivity contribution in [2.24, 2.45) is 5.41 Å². The molecule has 2 amide bonds. The zero-order valence-electron chi connectivity index (χ0n) is 14.0. The molecule has 0 saturated carbocycles. The van der Waals surface area contributed by atoms with Gasteiger partial charge < -0.3 is 20.5 Å². The van der Waals surface area contributed by atoms with Crippen LogP contribution in [0.25, 0.3) is 0 Å². The molecule has 22 heavy (non-hydrogen) atoms. The van der Waals surface area contributed by atoms with Crippen LogP contribution in [-0.2, 0) is 17.9 Å². The molecule has 0 radical (unpaired) electrons. The highest BCUT2D eigenvalue weighted by Gasteiger charge is 2.20. The molecule has 0 aliphatic carbocycles. The number of carbonyl (C=O) groups is 1. The van der Waals surface area contributed by atoms with Crippen molar-refractivity contribution < 1.29 is 14.6 Å². The van der Waals surface area contributed by atoms with Gasteiger partial charge in [0.1, 0.15) is 0 Å². The maximum absolute atomic E-state index is 11.8. The van der Waals surface area contributed by atoms with Crippen LogP contribution in [0.3, 0.4) is 0 Å². The van der Waals surface area contributed by atoms with E-state index in [2.05, 4.69) is 10.6 Å². The lowest BCUT2D eigenvalue weighted by atomic mass is 9.87. The first-order valence-corrected chi connectivity index (χ1v) is 7.59. The van der Waals surface area contributed by atoms with Crippen LogP contribution in [0.4, 0.5) is 4.79 Å². The Hall–Kier alpha value is -1.59. The molecule has 0 aliphatic heterocycles. The number of nitrogens with one attached hydrogen (secondary N) is 2. The molecular formula is C17H28N2O3. The third-order valence-corrected chi connectivity index (χ3v) is 3.36. The summed E-state index contributed by atoms with van der Waals surface area (Å²) in [7, 11) is 1.67. The number of aliphatic hydroxyl groups excluding tert-OH is 1. The molecule has 1 aromatic rings. The fraction of sp³-hybridized carbons (Fsp3) is 0.588. The number of benzene rings is 1. The Bertz CT molecular complexity index is 455. The summed E-state index contributed by atoms with van der Waals surface area (Å²) in [5.41, 5.74) is 2.02.